The number of carboxylic acids is 1. The van der Waals surface area contributed by atoms with E-state index in [0.717, 1.165) is 25.7 Å². The summed E-state index contributed by atoms with van der Waals surface area (Å²) in [6.45, 7) is 3.32. The molecule has 2 saturated heterocycles. The first-order chi connectivity index (χ1) is 11.4. The molecule has 2 heterocycles. The van der Waals surface area contributed by atoms with Gasteiger partial charge in [0.1, 0.15) is 6.10 Å². The Kier molecular flexibility index (Phi) is 5.01. The first kappa shape index (κ1) is 17.5. The van der Waals surface area contributed by atoms with E-state index in [0.29, 0.717) is 26.1 Å². The number of rotatable bonds is 3. The highest BCUT2D eigenvalue weighted by atomic mass is 16.7. The molecule has 2 unspecified atom stereocenters. The lowest BCUT2D eigenvalue weighted by atomic mass is 9.90. The van der Waals surface area contributed by atoms with Gasteiger partial charge < -0.3 is 24.8 Å². The summed E-state index contributed by atoms with van der Waals surface area (Å²) in [5.41, 5.74) is -0.839. The molecule has 2 aliphatic heterocycles. The normalized spacial score (nSPS) is 32.7. The summed E-state index contributed by atoms with van der Waals surface area (Å²) in [5, 5.41) is 12.1. The van der Waals surface area contributed by atoms with Gasteiger partial charge >= 0.3 is 12.0 Å². The van der Waals surface area contributed by atoms with Crippen molar-refractivity contribution in [3.63, 3.8) is 0 Å². The Hall–Kier alpha value is -1.34. The molecule has 24 heavy (non-hydrogen) atoms. The Labute approximate surface area is 142 Å². The first-order valence-corrected chi connectivity index (χ1v) is 9.00. The zero-order chi connectivity index (χ0) is 17.2. The van der Waals surface area contributed by atoms with Crippen molar-refractivity contribution in [2.75, 3.05) is 26.2 Å². The molecule has 1 saturated carbocycles. The SMILES string of the molecule is CC1(C(=O)O)CCN(C(=O)NCC2COC3(CCCCCC3)O2)C1. The number of carbonyl (C=O) groups is 2. The number of hydrogen-bond donors (Lipinski definition) is 2. The number of urea groups is 1. The molecule has 3 fully saturated rings. The highest BCUT2D eigenvalue weighted by Gasteiger charge is 2.43. The Morgan fingerprint density at radius 3 is 2.54 bits per heavy atom. The second-order valence-electron chi connectivity index (χ2n) is 7.60. The van der Waals surface area contributed by atoms with Gasteiger partial charge in [0.05, 0.1) is 12.0 Å². The lowest BCUT2D eigenvalue weighted by molar-refractivity contribution is -0.175. The number of carboxylic acid groups (broad SMARTS) is 1. The van der Waals surface area contributed by atoms with E-state index in [4.69, 9.17) is 9.47 Å². The van der Waals surface area contributed by atoms with E-state index in [1.54, 1.807) is 11.8 Å². The third kappa shape index (κ3) is 3.67. The monoisotopic (exact) mass is 340 g/mol. The fraction of sp³-hybridized carbons (Fsp3) is 0.882. The molecule has 1 aliphatic carbocycles. The molecule has 2 amide bonds. The van der Waals surface area contributed by atoms with Crippen molar-refractivity contribution in [1.29, 1.82) is 0 Å². The molecular formula is C17H28N2O5. The van der Waals surface area contributed by atoms with Crippen molar-refractivity contribution in [2.45, 2.75) is 63.8 Å². The van der Waals surface area contributed by atoms with Crippen molar-refractivity contribution < 1.29 is 24.2 Å². The van der Waals surface area contributed by atoms with Gasteiger partial charge in [-0.05, 0) is 26.2 Å². The summed E-state index contributed by atoms with van der Waals surface area (Å²) in [5.74, 6) is -1.29. The van der Waals surface area contributed by atoms with Crippen LogP contribution in [0.3, 0.4) is 0 Å². The van der Waals surface area contributed by atoms with E-state index in [1.165, 1.54) is 12.8 Å². The summed E-state index contributed by atoms with van der Waals surface area (Å²) in [7, 11) is 0. The van der Waals surface area contributed by atoms with Crippen LogP contribution in [0.25, 0.3) is 0 Å². The summed E-state index contributed by atoms with van der Waals surface area (Å²) < 4.78 is 12.0. The van der Waals surface area contributed by atoms with Crippen LogP contribution in [-0.4, -0.2) is 60.1 Å². The van der Waals surface area contributed by atoms with E-state index in [-0.39, 0.29) is 18.7 Å². The van der Waals surface area contributed by atoms with Crippen molar-refractivity contribution in [3.05, 3.63) is 0 Å². The molecule has 0 bridgehead atoms. The van der Waals surface area contributed by atoms with E-state index in [2.05, 4.69) is 5.32 Å². The number of amides is 2. The third-order valence-corrected chi connectivity index (χ3v) is 5.54. The van der Waals surface area contributed by atoms with Gasteiger partial charge in [0.25, 0.3) is 0 Å². The molecule has 0 aromatic carbocycles. The minimum absolute atomic E-state index is 0.125. The van der Waals surface area contributed by atoms with Gasteiger partial charge in [-0.25, -0.2) is 4.79 Å². The minimum atomic E-state index is -0.847. The van der Waals surface area contributed by atoms with Crippen LogP contribution < -0.4 is 5.32 Å². The highest BCUT2D eigenvalue weighted by molar-refractivity contribution is 5.79. The predicted molar refractivity (Wildman–Crippen MR) is 86.6 cm³/mol. The van der Waals surface area contributed by atoms with Crippen molar-refractivity contribution in [3.8, 4) is 0 Å². The maximum Gasteiger partial charge on any atom is 0.317 e. The number of aliphatic carboxylic acids is 1. The van der Waals surface area contributed by atoms with Gasteiger partial charge in [-0.1, -0.05) is 12.8 Å². The Balaban J connectivity index is 1.45. The lowest BCUT2D eigenvalue weighted by Crippen LogP contribution is -2.44. The van der Waals surface area contributed by atoms with Gasteiger partial charge in [-0.2, -0.15) is 0 Å². The fourth-order valence-electron chi connectivity index (χ4n) is 3.87. The van der Waals surface area contributed by atoms with Gasteiger partial charge in [0, 0.05) is 32.5 Å². The molecule has 7 nitrogen and oxygen atoms in total. The molecule has 0 aromatic rings. The Bertz CT molecular complexity index is 489. The molecule has 3 rings (SSSR count). The van der Waals surface area contributed by atoms with Gasteiger partial charge in [-0.3, -0.25) is 4.79 Å². The second-order valence-corrected chi connectivity index (χ2v) is 7.60. The van der Waals surface area contributed by atoms with E-state index < -0.39 is 17.2 Å². The standard InChI is InChI=1S/C17H28N2O5/c1-16(14(20)21)8-9-19(12-16)15(22)18-10-13-11-23-17(24-13)6-4-2-3-5-7-17/h13H,2-12H2,1H3,(H,18,22)(H,20,21). The van der Waals surface area contributed by atoms with Gasteiger partial charge in [0.15, 0.2) is 5.79 Å². The molecule has 1 spiro atoms. The topological polar surface area (TPSA) is 88.1 Å². The van der Waals surface area contributed by atoms with E-state index in [9.17, 15) is 14.7 Å². The Morgan fingerprint density at radius 2 is 1.92 bits per heavy atom. The maximum absolute atomic E-state index is 12.3. The number of carbonyl (C=O) groups excluding carboxylic acids is 1. The van der Waals surface area contributed by atoms with Crippen LogP contribution in [0, 0.1) is 5.41 Å². The molecule has 136 valence electrons. The van der Waals surface area contributed by atoms with Crippen LogP contribution in [-0.2, 0) is 14.3 Å². The van der Waals surface area contributed by atoms with Crippen molar-refractivity contribution in [2.24, 2.45) is 5.41 Å². The van der Waals surface area contributed by atoms with Crippen LogP contribution in [0.15, 0.2) is 0 Å². The average molecular weight is 340 g/mol. The van der Waals surface area contributed by atoms with Crippen molar-refractivity contribution in [1.82, 2.24) is 10.2 Å². The first-order valence-electron chi connectivity index (χ1n) is 9.00. The summed E-state index contributed by atoms with van der Waals surface area (Å²) in [6.07, 6.45) is 6.94. The van der Waals surface area contributed by atoms with Gasteiger partial charge in [-0.15, -0.1) is 0 Å². The zero-order valence-corrected chi connectivity index (χ0v) is 14.4. The van der Waals surface area contributed by atoms with Crippen LogP contribution in [0.2, 0.25) is 0 Å². The fourth-order valence-corrected chi connectivity index (χ4v) is 3.87. The minimum Gasteiger partial charge on any atom is -0.481 e. The molecule has 2 N–H and O–H groups in total. The third-order valence-electron chi connectivity index (χ3n) is 5.54. The number of likely N-dealkylation sites (tertiary alicyclic amines) is 1. The maximum atomic E-state index is 12.3. The number of nitrogens with one attached hydrogen (secondary N) is 1. The van der Waals surface area contributed by atoms with Crippen LogP contribution in [0.5, 0.6) is 0 Å². The van der Waals surface area contributed by atoms with Crippen LogP contribution in [0.1, 0.15) is 51.9 Å². The average Bonchev–Trinajstić information content (AvgIpc) is 3.06. The molecule has 0 aromatic heterocycles. The summed E-state index contributed by atoms with van der Waals surface area (Å²) in [4.78, 5) is 25.1. The largest absolute Gasteiger partial charge is 0.481 e. The van der Waals surface area contributed by atoms with Gasteiger partial charge in [0.2, 0.25) is 0 Å². The molecule has 0 radical (unpaired) electrons. The summed E-state index contributed by atoms with van der Waals surface area (Å²) in [6, 6.07) is -0.217. The second kappa shape index (κ2) is 6.88. The molecule has 2 atom stereocenters. The molecular weight excluding hydrogens is 312 g/mol. The van der Waals surface area contributed by atoms with E-state index in [1.807, 2.05) is 0 Å². The summed E-state index contributed by atoms with van der Waals surface area (Å²) >= 11 is 0. The quantitative estimate of drug-likeness (QED) is 0.820. The Morgan fingerprint density at radius 1 is 1.21 bits per heavy atom. The van der Waals surface area contributed by atoms with E-state index >= 15 is 0 Å². The number of hydrogen-bond acceptors (Lipinski definition) is 4. The van der Waals surface area contributed by atoms with Crippen molar-refractivity contribution >= 4 is 12.0 Å². The van der Waals surface area contributed by atoms with Crippen LogP contribution >= 0.6 is 0 Å². The smallest absolute Gasteiger partial charge is 0.317 e. The highest BCUT2D eigenvalue weighted by Crippen LogP contribution is 2.36. The number of nitrogens with zero attached hydrogens (tertiary/aromatic N) is 1. The van der Waals surface area contributed by atoms with Crippen LogP contribution in [0.4, 0.5) is 4.79 Å². The lowest BCUT2D eigenvalue weighted by Gasteiger charge is -2.26. The molecule has 3 aliphatic rings. The predicted octanol–water partition coefficient (Wildman–Crippen LogP) is 1.96. The number of ether oxygens (including phenoxy) is 2. The molecule has 7 heteroatoms. The zero-order valence-electron chi connectivity index (χ0n) is 14.4.